The van der Waals surface area contributed by atoms with Crippen molar-refractivity contribution in [3.05, 3.63) is 54.1 Å². The highest BCUT2D eigenvalue weighted by molar-refractivity contribution is 7.89. The summed E-state index contributed by atoms with van der Waals surface area (Å²) in [6, 6.07) is 12.8. The summed E-state index contributed by atoms with van der Waals surface area (Å²) in [6.45, 7) is 8.90. The van der Waals surface area contributed by atoms with Crippen LogP contribution in [0.5, 0.6) is 0 Å². The SMILES string of the molecule is CC(C)CN(CC(O)C(Cc1ccccc1)NC(=O)OC(C)(C)C)S(=O)(=O)c1ccc2nc(N)oc2c1. The molecule has 4 N–H and O–H groups in total. The number of nitrogens with zero attached hydrogens (tertiary/aromatic N) is 2. The standard InChI is InChI=1S/C26H36N4O6S/c1-17(2)15-30(37(33,34)19-11-12-20-23(14-19)35-24(27)28-20)16-22(31)21(13-18-9-7-6-8-10-18)29-25(32)36-26(3,4)5/h6-12,14,17,21-22,31H,13,15-16H2,1-5H3,(H2,27,28)(H,29,32). The first-order valence-electron chi connectivity index (χ1n) is 12.1. The fraction of sp³-hybridized carbons (Fsp3) is 0.462. The number of hydrogen-bond acceptors (Lipinski definition) is 8. The Balaban J connectivity index is 1.89. The van der Waals surface area contributed by atoms with Gasteiger partial charge in [-0.15, -0.1) is 0 Å². The summed E-state index contributed by atoms with van der Waals surface area (Å²) < 4.78 is 39.2. The number of aliphatic hydroxyl groups excluding tert-OH is 1. The smallest absolute Gasteiger partial charge is 0.407 e. The lowest BCUT2D eigenvalue weighted by atomic mass is 10.0. The molecule has 0 saturated heterocycles. The van der Waals surface area contributed by atoms with Crippen molar-refractivity contribution in [1.82, 2.24) is 14.6 Å². The molecule has 1 heterocycles. The van der Waals surface area contributed by atoms with Crippen molar-refractivity contribution in [1.29, 1.82) is 0 Å². The van der Waals surface area contributed by atoms with E-state index < -0.39 is 33.9 Å². The molecule has 0 aliphatic rings. The third-order valence-corrected chi connectivity index (χ3v) is 7.27. The van der Waals surface area contributed by atoms with Gasteiger partial charge in [-0.05, 0) is 50.8 Å². The molecule has 37 heavy (non-hydrogen) atoms. The molecular formula is C26H36N4O6S. The van der Waals surface area contributed by atoms with Gasteiger partial charge in [-0.1, -0.05) is 44.2 Å². The lowest BCUT2D eigenvalue weighted by molar-refractivity contribution is 0.0400. The van der Waals surface area contributed by atoms with Gasteiger partial charge >= 0.3 is 6.09 Å². The van der Waals surface area contributed by atoms with Gasteiger partial charge in [-0.25, -0.2) is 13.2 Å². The van der Waals surface area contributed by atoms with Gasteiger partial charge in [0.05, 0.1) is 17.0 Å². The highest BCUT2D eigenvalue weighted by Crippen LogP contribution is 2.25. The minimum atomic E-state index is -4.04. The van der Waals surface area contributed by atoms with E-state index in [1.54, 1.807) is 20.8 Å². The highest BCUT2D eigenvalue weighted by atomic mass is 32.2. The minimum Gasteiger partial charge on any atom is -0.444 e. The first kappa shape index (κ1) is 28.4. The number of anilines is 1. The number of nitrogens with two attached hydrogens (primary N) is 1. The Bertz CT molecular complexity index is 1300. The number of fused-ring (bicyclic) bond motifs is 1. The van der Waals surface area contributed by atoms with Gasteiger partial charge in [-0.3, -0.25) is 0 Å². The molecule has 0 radical (unpaired) electrons. The number of oxazole rings is 1. The number of nitrogen functional groups attached to an aromatic ring is 1. The van der Waals surface area contributed by atoms with E-state index in [9.17, 15) is 18.3 Å². The summed E-state index contributed by atoms with van der Waals surface area (Å²) in [7, 11) is -4.04. The summed E-state index contributed by atoms with van der Waals surface area (Å²) in [6.07, 6.45) is -1.65. The number of carbonyl (C=O) groups excluding carboxylic acids is 1. The molecule has 3 rings (SSSR count). The van der Waals surface area contributed by atoms with Gasteiger partial charge in [0.2, 0.25) is 10.0 Å². The van der Waals surface area contributed by atoms with Crippen LogP contribution < -0.4 is 11.1 Å². The third kappa shape index (κ3) is 7.91. The quantitative estimate of drug-likeness (QED) is 0.359. The number of hydrogen-bond donors (Lipinski definition) is 3. The molecule has 0 aliphatic carbocycles. The van der Waals surface area contributed by atoms with Crippen LogP contribution in [0.2, 0.25) is 0 Å². The molecule has 0 bridgehead atoms. The molecule has 1 amide bonds. The van der Waals surface area contributed by atoms with Crippen LogP contribution in [0.25, 0.3) is 11.1 Å². The van der Waals surface area contributed by atoms with E-state index >= 15 is 0 Å². The highest BCUT2D eigenvalue weighted by Gasteiger charge is 2.32. The van der Waals surface area contributed by atoms with E-state index in [4.69, 9.17) is 14.9 Å². The molecule has 1 aromatic heterocycles. The van der Waals surface area contributed by atoms with Crippen LogP contribution in [0.1, 0.15) is 40.2 Å². The maximum atomic E-state index is 13.7. The Morgan fingerprint density at radius 1 is 1.16 bits per heavy atom. The van der Waals surface area contributed by atoms with Gasteiger partial charge in [0, 0.05) is 19.2 Å². The monoisotopic (exact) mass is 532 g/mol. The van der Waals surface area contributed by atoms with Crippen LogP contribution in [0.3, 0.4) is 0 Å². The Labute approximate surface area is 217 Å². The van der Waals surface area contributed by atoms with Crippen molar-refractivity contribution in [2.75, 3.05) is 18.8 Å². The Morgan fingerprint density at radius 3 is 2.46 bits per heavy atom. The maximum Gasteiger partial charge on any atom is 0.407 e. The Kier molecular flexibility index (Phi) is 8.83. The van der Waals surface area contributed by atoms with Crippen LogP contribution >= 0.6 is 0 Å². The molecule has 2 atom stereocenters. The van der Waals surface area contributed by atoms with Gasteiger partial charge in [0.25, 0.3) is 6.01 Å². The number of benzene rings is 2. The predicted octanol–water partition coefficient (Wildman–Crippen LogP) is 3.55. The van der Waals surface area contributed by atoms with Gasteiger partial charge < -0.3 is 25.3 Å². The van der Waals surface area contributed by atoms with E-state index in [0.29, 0.717) is 5.52 Å². The average Bonchev–Trinajstić information content (AvgIpc) is 3.16. The molecule has 3 aromatic rings. The molecule has 0 aliphatic heterocycles. The van der Waals surface area contributed by atoms with Crippen molar-refractivity contribution < 1.29 is 27.5 Å². The number of amides is 1. The summed E-state index contributed by atoms with van der Waals surface area (Å²) in [5.41, 5.74) is 6.42. The zero-order valence-corrected chi connectivity index (χ0v) is 22.7. The van der Waals surface area contributed by atoms with Gasteiger partial charge in [0.15, 0.2) is 5.58 Å². The fourth-order valence-corrected chi connectivity index (χ4v) is 5.49. The second kappa shape index (κ2) is 11.5. The lowest BCUT2D eigenvalue weighted by Gasteiger charge is -2.31. The number of ether oxygens (including phenoxy) is 1. The number of rotatable bonds is 10. The van der Waals surface area contributed by atoms with Crippen molar-refractivity contribution in [2.45, 2.75) is 63.7 Å². The Morgan fingerprint density at radius 2 is 1.84 bits per heavy atom. The van der Waals surface area contributed by atoms with Crippen LogP contribution in [-0.4, -0.2) is 59.7 Å². The third-order valence-electron chi connectivity index (χ3n) is 5.44. The Hall–Kier alpha value is -3.15. The minimum absolute atomic E-state index is 0.0105. The second-order valence-electron chi connectivity index (χ2n) is 10.4. The number of carbonyl (C=O) groups is 1. The van der Waals surface area contributed by atoms with Crippen LogP contribution in [0.4, 0.5) is 10.8 Å². The summed E-state index contributed by atoms with van der Waals surface area (Å²) in [4.78, 5) is 16.6. The maximum absolute atomic E-state index is 13.7. The number of aromatic nitrogens is 1. The fourth-order valence-electron chi connectivity index (χ4n) is 3.86. The molecule has 2 unspecified atom stereocenters. The summed E-state index contributed by atoms with van der Waals surface area (Å²) in [5.74, 6) is -0.0296. The van der Waals surface area contributed by atoms with Crippen LogP contribution in [0.15, 0.2) is 57.8 Å². The second-order valence-corrected chi connectivity index (χ2v) is 12.3. The van der Waals surface area contributed by atoms with Gasteiger partial charge in [-0.2, -0.15) is 9.29 Å². The molecule has 0 fully saturated rings. The molecule has 0 saturated carbocycles. The molecule has 10 nitrogen and oxygen atoms in total. The number of aliphatic hydroxyl groups is 1. The van der Waals surface area contributed by atoms with E-state index in [2.05, 4.69) is 10.3 Å². The molecule has 2 aromatic carbocycles. The summed E-state index contributed by atoms with van der Waals surface area (Å²) >= 11 is 0. The number of alkyl carbamates (subject to hydrolysis) is 1. The lowest BCUT2D eigenvalue weighted by Crippen LogP contribution is -2.51. The van der Waals surface area contributed by atoms with Gasteiger partial charge in [0.1, 0.15) is 11.1 Å². The van der Waals surface area contributed by atoms with Crippen molar-refractivity contribution >= 4 is 33.2 Å². The predicted molar refractivity (Wildman–Crippen MR) is 141 cm³/mol. The van der Waals surface area contributed by atoms with Crippen molar-refractivity contribution in [2.24, 2.45) is 5.92 Å². The molecule has 11 heteroatoms. The zero-order valence-electron chi connectivity index (χ0n) is 21.8. The largest absolute Gasteiger partial charge is 0.444 e. The van der Waals surface area contributed by atoms with Crippen LogP contribution in [-0.2, 0) is 21.2 Å². The first-order chi connectivity index (χ1) is 17.2. The molecule has 0 spiro atoms. The summed E-state index contributed by atoms with van der Waals surface area (Å²) in [5, 5.41) is 14.0. The number of sulfonamides is 1. The number of nitrogens with one attached hydrogen (secondary N) is 1. The van der Waals surface area contributed by atoms with Crippen molar-refractivity contribution in [3.63, 3.8) is 0 Å². The van der Waals surface area contributed by atoms with E-state index in [1.807, 2.05) is 44.2 Å². The first-order valence-corrected chi connectivity index (χ1v) is 13.6. The van der Waals surface area contributed by atoms with E-state index in [1.165, 1.54) is 22.5 Å². The van der Waals surface area contributed by atoms with E-state index in [0.717, 1.165) is 5.56 Å². The molecule has 202 valence electrons. The van der Waals surface area contributed by atoms with Crippen molar-refractivity contribution in [3.8, 4) is 0 Å². The average molecular weight is 533 g/mol. The topological polar surface area (TPSA) is 148 Å². The normalized spacial score (nSPS) is 14.2. The van der Waals surface area contributed by atoms with Crippen LogP contribution in [0, 0.1) is 5.92 Å². The zero-order chi connectivity index (χ0) is 27.4. The molecular weight excluding hydrogens is 496 g/mol. The van der Waals surface area contributed by atoms with E-state index in [-0.39, 0.29) is 41.9 Å².